The van der Waals surface area contributed by atoms with E-state index in [2.05, 4.69) is 15.4 Å². The molecular weight excluding hydrogens is 312 g/mol. The zero-order chi connectivity index (χ0) is 15.8. The summed E-state index contributed by atoms with van der Waals surface area (Å²) in [5, 5.41) is 18.5. The summed E-state index contributed by atoms with van der Waals surface area (Å²) in [5.74, 6) is 0.758. The van der Waals surface area contributed by atoms with Gasteiger partial charge in [-0.1, -0.05) is 41.9 Å². The fourth-order valence-electron chi connectivity index (χ4n) is 3.10. The number of hydrogen-bond acceptors (Lipinski definition) is 4. The molecule has 118 valence electrons. The first-order valence-electron chi connectivity index (χ1n) is 7.77. The molecule has 1 aromatic carbocycles. The first kappa shape index (κ1) is 14.5. The van der Waals surface area contributed by atoms with Crippen LogP contribution in [0.4, 0.5) is 5.82 Å². The Kier molecular flexibility index (Phi) is 3.67. The number of anilines is 1. The van der Waals surface area contributed by atoms with Crippen LogP contribution in [-0.4, -0.2) is 31.9 Å². The average molecular weight is 329 g/mol. The van der Waals surface area contributed by atoms with E-state index in [1.165, 1.54) is 0 Å². The summed E-state index contributed by atoms with van der Waals surface area (Å²) in [6.07, 6.45) is 2.46. The molecule has 4 rings (SSSR count). The summed E-state index contributed by atoms with van der Waals surface area (Å²) in [4.78, 5) is 4.34. The van der Waals surface area contributed by atoms with Crippen LogP contribution in [0.15, 0.2) is 42.5 Å². The van der Waals surface area contributed by atoms with Crippen molar-refractivity contribution in [1.82, 2.24) is 14.6 Å². The van der Waals surface area contributed by atoms with Crippen LogP contribution in [-0.2, 0) is 0 Å². The molecule has 1 saturated carbocycles. The quantitative estimate of drug-likeness (QED) is 0.724. The minimum absolute atomic E-state index is 0.0287. The standard InChI is InChI=1S/C17H17ClN4O/c18-15-10-17(19-12-7-4-8-14(12)23)22-16(20-15)9-13(21-22)11-5-2-1-3-6-11/h1-3,5-6,9-10,12,14,19,23H,4,7-8H2/t12-,14-/m1/s1. The van der Waals surface area contributed by atoms with E-state index < -0.39 is 0 Å². The highest BCUT2D eigenvalue weighted by molar-refractivity contribution is 6.29. The van der Waals surface area contributed by atoms with Crippen molar-refractivity contribution in [2.75, 3.05) is 5.32 Å². The summed E-state index contributed by atoms with van der Waals surface area (Å²) in [5.41, 5.74) is 2.56. The molecule has 3 aromatic rings. The Labute approximate surface area is 138 Å². The number of rotatable bonds is 3. The Morgan fingerprint density at radius 3 is 2.74 bits per heavy atom. The van der Waals surface area contributed by atoms with Crippen molar-refractivity contribution >= 4 is 23.1 Å². The van der Waals surface area contributed by atoms with Crippen LogP contribution in [0.2, 0.25) is 5.15 Å². The molecule has 0 unspecified atom stereocenters. The van der Waals surface area contributed by atoms with Crippen molar-refractivity contribution in [2.24, 2.45) is 0 Å². The molecule has 0 spiro atoms. The van der Waals surface area contributed by atoms with Gasteiger partial charge in [-0.15, -0.1) is 0 Å². The molecule has 2 atom stereocenters. The van der Waals surface area contributed by atoms with Gasteiger partial charge >= 0.3 is 0 Å². The number of aliphatic hydroxyl groups is 1. The molecule has 2 N–H and O–H groups in total. The highest BCUT2D eigenvalue weighted by Gasteiger charge is 2.26. The first-order chi connectivity index (χ1) is 11.2. The van der Waals surface area contributed by atoms with Crippen molar-refractivity contribution in [3.63, 3.8) is 0 Å². The first-order valence-corrected chi connectivity index (χ1v) is 8.15. The molecule has 0 aliphatic heterocycles. The lowest BCUT2D eigenvalue weighted by Crippen LogP contribution is -2.29. The molecule has 2 heterocycles. The van der Waals surface area contributed by atoms with Crippen LogP contribution >= 0.6 is 11.6 Å². The fraction of sp³-hybridized carbons (Fsp3) is 0.294. The summed E-state index contributed by atoms with van der Waals surface area (Å²) in [6, 6.07) is 13.7. The Morgan fingerprint density at radius 2 is 2.00 bits per heavy atom. The monoisotopic (exact) mass is 328 g/mol. The second-order valence-corrected chi connectivity index (χ2v) is 6.27. The van der Waals surface area contributed by atoms with Gasteiger partial charge in [-0.25, -0.2) is 4.98 Å². The van der Waals surface area contributed by atoms with Gasteiger partial charge < -0.3 is 10.4 Å². The van der Waals surface area contributed by atoms with Crippen molar-refractivity contribution in [2.45, 2.75) is 31.4 Å². The topological polar surface area (TPSA) is 62.5 Å². The minimum atomic E-state index is -0.332. The van der Waals surface area contributed by atoms with E-state index >= 15 is 0 Å². The van der Waals surface area contributed by atoms with E-state index in [1.807, 2.05) is 36.4 Å². The van der Waals surface area contributed by atoms with Crippen LogP contribution in [0.3, 0.4) is 0 Å². The lowest BCUT2D eigenvalue weighted by Gasteiger charge is -2.18. The lowest BCUT2D eigenvalue weighted by molar-refractivity contribution is 0.171. The highest BCUT2D eigenvalue weighted by Crippen LogP contribution is 2.26. The molecular formula is C17H17ClN4O. The molecule has 0 amide bonds. The summed E-state index contributed by atoms with van der Waals surface area (Å²) < 4.78 is 1.75. The maximum atomic E-state index is 10.0. The molecule has 5 nitrogen and oxygen atoms in total. The summed E-state index contributed by atoms with van der Waals surface area (Å²) in [6.45, 7) is 0. The largest absolute Gasteiger partial charge is 0.391 e. The number of hydrogen-bond donors (Lipinski definition) is 2. The van der Waals surface area contributed by atoms with Crippen molar-refractivity contribution in [3.05, 3.63) is 47.6 Å². The Balaban J connectivity index is 1.76. The van der Waals surface area contributed by atoms with Gasteiger partial charge in [-0.05, 0) is 19.3 Å². The summed E-state index contributed by atoms with van der Waals surface area (Å²) >= 11 is 6.15. The molecule has 6 heteroatoms. The fourth-order valence-corrected chi connectivity index (χ4v) is 3.29. The van der Waals surface area contributed by atoms with Crippen molar-refractivity contribution < 1.29 is 5.11 Å². The van der Waals surface area contributed by atoms with Gasteiger partial charge in [0.05, 0.1) is 17.8 Å². The molecule has 1 aliphatic carbocycles. The third kappa shape index (κ3) is 2.78. The second kappa shape index (κ2) is 5.83. The van der Waals surface area contributed by atoms with Crippen LogP contribution in [0.25, 0.3) is 16.9 Å². The van der Waals surface area contributed by atoms with Gasteiger partial charge in [0.2, 0.25) is 0 Å². The van der Waals surface area contributed by atoms with Gasteiger partial charge in [-0.3, -0.25) is 0 Å². The Morgan fingerprint density at radius 1 is 1.17 bits per heavy atom. The molecule has 23 heavy (non-hydrogen) atoms. The van der Waals surface area contributed by atoms with E-state index in [-0.39, 0.29) is 12.1 Å². The van der Waals surface area contributed by atoms with E-state index in [1.54, 1.807) is 10.6 Å². The molecule has 0 saturated heterocycles. The van der Waals surface area contributed by atoms with Crippen molar-refractivity contribution in [1.29, 1.82) is 0 Å². The lowest BCUT2D eigenvalue weighted by atomic mass is 10.2. The third-order valence-corrected chi connectivity index (χ3v) is 4.47. The van der Waals surface area contributed by atoms with Crippen LogP contribution in [0.1, 0.15) is 19.3 Å². The summed E-state index contributed by atoms with van der Waals surface area (Å²) in [7, 11) is 0. The smallest absolute Gasteiger partial charge is 0.159 e. The van der Waals surface area contributed by atoms with Crippen LogP contribution in [0, 0.1) is 0 Å². The molecule has 1 aliphatic rings. The van der Waals surface area contributed by atoms with Crippen LogP contribution in [0.5, 0.6) is 0 Å². The number of benzene rings is 1. The van der Waals surface area contributed by atoms with Crippen LogP contribution < -0.4 is 5.32 Å². The SMILES string of the molecule is O[C@@H]1CCC[C@H]1Nc1cc(Cl)nc2cc(-c3ccccc3)nn12. The predicted molar refractivity (Wildman–Crippen MR) is 90.7 cm³/mol. The zero-order valence-electron chi connectivity index (χ0n) is 12.5. The van der Waals surface area contributed by atoms with E-state index in [4.69, 9.17) is 11.6 Å². The average Bonchev–Trinajstić information content (AvgIpc) is 3.15. The minimum Gasteiger partial charge on any atom is -0.391 e. The third-order valence-electron chi connectivity index (χ3n) is 4.28. The second-order valence-electron chi connectivity index (χ2n) is 5.88. The number of aliphatic hydroxyl groups excluding tert-OH is 1. The zero-order valence-corrected chi connectivity index (χ0v) is 13.2. The number of nitrogens with zero attached hydrogens (tertiary/aromatic N) is 3. The van der Waals surface area contributed by atoms with Gasteiger partial charge in [0.25, 0.3) is 0 Å². The number of nitrogens with one attached hydrogen (secondary N) is 1. The normalized spacial score (nSPS) is 21.0. The maximum Gasteiger partial charge on any atom is 0.159 e. The van der Waals surface area contributed by atoms with E-state index in [0.29, 0.717) is 10.8 Å². The molecule has 2 aromatic heterocycles. The Hall–Kier alpha value is -2.11. The van der Waals surface area contributed by atoms with Crippen molar-refractivity contribution in [3.8, 4) is 11.3 Å². The highest BCUT2D eigenvalue weighted by atomic mass is 35.5. The number of fused-ring (bicyclic) bond motifs is 1. The molecule has 1 fully saturated rings. The van der Waals surface area contributed by atoms with E-state index in [0.717, 1.165) is 36.3 Å². The van der Waals surface area contributed by atoms with Gasteiger partial charge in [0.15, 0.2) is 5.65 Å². The van der Waals surface area contributed by atoms with Gasteiger partial charge in [0.1, 0.15) is 11.0 Å². The predicted octanol–water partition coefficient (Wildman–Crippen LogP) is 3.38. The molecule has 0 bridgehead atoms. The van der Waals surface area contributed by atoms with Gasteiger partial charge in [-0.2, -0.15) is 9.61 Å². The number of halogens is 1. The maximum absolute atomic E-state index is 10.0. The van der Waals surface area contributed by atoms with E-state index in [9.17, 15) is 5.11 Å². The molecule has 0 radical (unpaired) electrons. The van der Waals surface area contributed by atoms with Gasteiger partial charge in [0, 0.05) is 17.7 Å². The Bertz CT molecular complexity index is 833. The number of aromatic nitrogens is 3.